The van der Waals surface area contributed by atoms with Crippen molar-refractivity contribution >= 4 is 5.91 Å². The summed E-state index contributed by atoms with van der Waals surface area (Å²) in [6.45, 7) is 0. The van der Waals surface area contributed by atoms with E-state index in [1.165, 1.54) is 0 Å². The molecule has 1 N–H and O–H groups in total. The summed E-state index contributed by atoms with van der Waals surface area (Å²) in [6.07, 6.45) is 7.89. The zero-order chi connectivity index (χ0) is 12.4. The van der Waals surface area contributed by atoms with E-state index in [2.05, 4.69) is 10.3 Å². The van der Waals surface area contributed by atoms with Crippen LogP contribution in [0.4, 0.5) is 0 Å². The molecule has 1 amide bonds. The van der Waals surface area contributed by atoms with E-state index in [0.717, 1.165) is 30.6 Å². The van der Waals surface area contributed by atoms with Gasteiger partial charge in [0, 0.05) is 24.4 Å². The summed E-state index contributed by atoms with van der Waals surface area (Å²) in [4.78, 5) is 16.0. The first-order chi connectivity index (χ1) is 8.84. The van der Waals surface area contributed by atoms with Crippen LogP contribution in [0.1, 0.15) is 40.6 Å². The molecule has 0 aromatic carbocycles. The second-order valence-corrected chi connectivity index (χ2v) is 4.46. The maximum absolute atomic E-state index is 12.1. The normalized spacial score (nSPS) is 18.1. The van der Waals surface area contributed by atoms with E-state index in [1.807, 2.05) is 6.07 Å². The highest BCUT2D eigenvalue weighted by molar-refractivity contribution is 5.94. The molecular formula is C14H14N2O2. The summed E-state index contributed by atoms with van der Waals surface area (Å²) in [7, 11) is 0. The molecule has 2 heterocycles. The van der Waals surface area contributed by atoms with E-state index in [-0.39, 0.29) is 11.9 Å². The molecule has 18 heavy (non-hydrogen) atoms. The number of pyridine rings is 1. The van der Waals surface area contributed by atoms with Crippen molar-refractivity contribution in [1.29, 1.82) is 0 Å². The molecule has 1 atom stereocenters. The van der Waals surface area contributed by atoms with Crippen molar-refractivity contribution in [3.8, 4) is 0 Å². The predicted octanol–water partition coefficient (Wildman–Crippen LogP) is 2.48. The van der Waals surface area contributed by atoms with Crippen LogP contribution in [0.3, 0.4) is 0 Å². The third kappa shape index (κ3) is 2.01. The summed E-state index contributed by atoms with van der Waals surface area (Å²) < 4.78 is 5.41. The molecule has 1 aliphatic carbocycles. The zero-order valence-corrected chi connectivity index (χ0v) is 9.93. The first-order valence-corrected chi connectivity index (χ1v) is 6.12. The number of amides is 1. The van der Waals surface area contributed by atoms with E-state index >= 15 is 0 Å². The molecule has 2 aromatic heterocycles. The Morgan fingerprint density at radius 1 is 1.44 bits per heavy atom. The van der Waals surface area contributed by atoms with Crippen molar-refractivity contribution in [2.24, 2.45) is 0 Å². The van der Waals surface area contributed by atoms with Crippen LogP contribution in [0.5, 0.6) is 0 Å². The fourth-order valence-electron chi connectivity index (χ4n) is 2.38. The fourth-order valence-corrected chi connectivity index (χ4v) is 2.38. The Hall–Kier alpha value is -2.10. The van der Waals surface area contributed by atoms with E-state index < -0.39 is 0 Å². The van der Waals surface area contributed by atoms with E-state index in [4.69, 9.17) is 4.42 Å². The van der Waals surface area contributed by atoms with Gasteiger partial charge in [0.15, 0.2) is 0 Å². The number of furan rings is 1. The van der Waals surface area contributed by atoms with Gasteiger partial charge in [0.25, 0.3) is 5.91 Å². The Morgan fingerprint density at radius 3 is 3.22 bits per heavy atom. The second kappa shape index (κ2) is 4.64. The molecule has 0 fully saturated rings. The van der Waals surface area contributed by atoms with Gasteiger partial charge in [-0.1, -0.05) is 0 Å². The SMILES string of the molecule is O=C(NC1CCCc2occc21)c1cccnc1. The largest absolute Gasteiger partial charge is 0.469 e. The number of rotatable bonds is 2. The van der Waals surface area contributed by atoms with E-state index in [9.17, 15) is 4.79 Å². The van der Waals surface area contributed by atoms with Gasteiger partial charge < -0.3 is 9.73 Å². The highest BCUT2D eigenvalue weighted by Crippen LogP contribution is 2.30. The second-order valence-electron chi connectivity index (χ2n) is 4.46. The van der Waals surface area contributed by atoms with E-state index in [1.54, 1.807) is 30.8 Å². The molecule has 1 unspecified atom stereocenters. The first kappa shape index (κ1) is 11.0. The van der Waals surface area contributed by atoms with Gasteiger partial charge in [-0.25, -0.2) is 0 Å². The number of aromatic nitrogens is 1. The Morgan fingerprint density at radius 2 is 2.39 bits per heavy atom. The molecule has 2 aromatic rings. The number of fused-ring (bicyclic) bond motifs is 1. The zero-order valence-electron chi connectivity index (χ0n) is 9.93. The van der Waals surface area contributed by atoms with Crippen molar-refractivity contribution < 1.29 is 9.21 Å². The number of carbonyl (C=O) groups excluding carboxylic acids is 1. The molecule has 0 radical (unpaired) electrons. The molecule has 4 heteroatoms. The van der Waals surface area contributed by atoms with Gasteiger partial charge in [-0.15, -0.1) is 0 Å². The molecule has 0 saturated heterocycles. The summed E-state index contributed by atoms with van der Waals surface area (Å²) in [6, 6.07) is 5.53. The molecule has 0 bridgehead atoms. The minimum atomic E-state index is -0.0813. The maximum Gasteiger partial charge on any atom is 0.253 e. The van der Waals surface area contributed by atoms with E-state index in [0.29, 0.717) is 5.56 Å². The number of nitrogens with zero attached hydrogens (tertiary/aromatic N) is 1. The van der Waals surface area contributed by atoms with Crippen molar-refractivity contribution in [1.82, 2.24) is 10.3 Å². The van der Waals surface area contributed by atoms with Crippen molar-refractivity contribution in [3.05, 3.63) is 53.7 Å². The average molecular weight is 242 g/mol. The van der Waals surface area contributed by atoms with Gasteiger partial charge in [0.1, 0.15) is 5.76 Å². The summed E-state index contributed by atoms with van der Waals surface area (Å²) >= 11 is 0. The Kier molecular flexibility index (Phi) is 2.84. The molecule has 3 rings (SSSR count). The van der Waals surface area contributed by atoms with Crippen molar-refractivity contribution in [2.75, 3.05) is 0 Å². The third-order valence-electron chi connectivity index (χ3n) is 3.28. The third-order valence-corrected chi connectivity index (χ3v) is 3.28. The average Bonchev–Trinajstić information content (AvgIpc) is 2.89. The molecule has 92 valence electrons. The van der Waals surface area contributed by atoms with Crippen LogP contribution in [-0.4, -0.2) is 10.9 Å². The topological polar surface area (TPSA) is 55.1 Å². The van der Waals surface area contributed by atoms with Gasteiger partial charge >= 0.3 is 0 Å². The van der Waals surface area contributed by atoms with Gasteiger partial charge in [0.05, 0.1) is 17.9 Å². The predicted molar refractivity (Wildman–Crippen MR) is 66.1 cm³/mol. The molecular weight excluding hydrogens is 228 g/mol. The van der Waals surface area contributed by atoms with Crippen LogP contribution in [0.15, 0.2) is 41.3 Å². The Balaban J connectivity index is 1.77. The maximum atomic E-state index is 12.1. The number of hydrogen-bond acceptors (Lipinski definition) is 3. The minimum Gasteiger partial charge on any atom is -0.469 e. The van der Waals surface area contributed by atoms with Crippen LogP contribution < -0.4 is 5.32 Å². The summed E-state index contributed by atoms with van der Waals surface area (Å²) in [5.74, 6) is 0.917. The van der Waals surface area contributed by atoms with Crippen LogP contribution in [0, 0.1) is 0 Å². The highest BCUT2D eigenvalue weighted by Gasteiger charge is 2.24. The molecule has 0 spiro atoms. The van der Waals surface area contributed by atoms with Crippen molar-refractivity contribution in [3.63, 3.8) is 0 Å². The van der Waals surface area contributed by atoms with Crippen LogP contribution in [0.2, 0.25) is 0 Å². The van der Waals surface area contributed by atoms with Gasteiger partial charge in [-0.2, -0.15) is 0 Å². The minimum absolute atomic E-state index is 0.0557. The van der Waals surface area contributed by atoms with Gasteiger partial charge in [-0.05, 0) is 31.0 Å². The number of carbonyl (C=O) groups is 1. The standard InChI is InChI=1S/C14H14N2O2/c17-14(10-3-2-7-15-9-10)16-12-4-1-5-13-11(12)6-8-18-13/h2-3,6-9,12H,1,4-5H2,(H,16,17). The van der Waals surface area contributed by atoms with Crippen LogP contribution in [0.25, 0.3) is 0 Å². The lowest BCUT2D eigenvalue weighted by molar-refractivity contribution is 0.0932. The first-order valence-electron chi connectivity index (χ1n) is 6.12. The smallest absolute Gasteiger partial charge is 0.253 e. The molecule has 0 aliphatic heterocycles. The molecule has 4 nitrogen and oxygen atoms in total. The van der Waals surface area contributed by atoms with Crippen LogP contribution in [-0.2, 0) is 6.42 Å². The number of nitrogens with one attached hydrogen (secondary N) is 1. The number of hydrogen-bond donors (Lipinski definition) is 1. The summed E-state index contributed by atoms with van der Waals surface area (Å²) in [5.41, 5.74) is 1.70. The van der Waals surface area contributed by atoms with Gasteiger partial charge in [-0.3, -0.25) is 9.78 Å². The monoisotopic (exact) mass is 242 g/mol. The quantitative estimate of drug-likeness (QED) is 0.880. The molecule has 1 aliphatic rings. The van der Waals surface area contributed by atoms with Crippen molar-refractivity contribution in [2.45, 2.75) is 25.3 Å². The Labute approximate surface area is 105 Å². The fraction of sp³-hybridized carbons (Fsp3) is 0.286. The lowest BCUT2D eigenvalue weighted by Crippen LogP contribution is -2.30. The van der Waals surface area contributed by atoms with Crippen LogP contribution >= 0.6 is 0 Å². The Bertz CT molecular complexity index is 548. The highest BCUT2D eigenvalue weighted by atomic mass is 16.3. The summed E-state index contributed by atoms with van der Waals surface area (Å²) in [5, 5.41) is 3.04. The number of aryl methyl sites for hydroxylation is 1. The molecule has 0 saturated carbocycles. The van der Waals surface area contributed by atoms with Gasteiger partial charge in [0.2, 0.25) is 0 Å². The lowest BCUT2D eigenvalue weighted by atomic mass is 9.93. The lowest BCUT2D eigenvalue weighted by Gasteiger charge is -2.22.